The van der Waals surface area contributed by atoms with E-state index >= 15 is 0 Å². The van der Waals surface area contributed by atoms with Gasteiger partial charge in [-0.05, 0) is 31.0 Å². The average Bonchev–Trinajstić information content (AvgIpc) is 2.73. The topological polar surface area (TPSA) is 115 Å². The van der Waals surface area contributed by atoms with Crippen molar-refractivity contribution in [2.24, 2.45) is 5.92 Å². The van der Waals surface area contributed by atoms with Gasteiger partial charge in [0, 0.05) is 12.1 Å². The van der Waals surface area contributed by atoms with Crippen LogP contribution in [0.5, 0.6) is 17.2 Å². The maximum Gasteiger partial charge on any atom is 0.306 e. The zero-order chi connectivity index (χ0) is 22.8. The van der Waals surface area contributed by atoms with E-state index in [0.717, 1.165) is 0 Å². The van der Waals surface area contributed by atoms with E-state index in [2.05, 4.69) is 0 Å². The van der Waals surface area contributed by atoms with Crippen LogP contribution in [0.1, 0.15) is 12.8 Å². The monoisotopic (exact) mass is 460 g/mol. The molecule has 0 aliphatic heterocycles. The number of hydrogen-bond donors (Lipinski definition) is 2. The van der Waals surface area contributed by atoms with Crippen molar-refractivity contribution in [2.45, 2.75) is 18.9 Å². The fourth-order valence-electron chi connectivity index (χ4n) is 3.57. The molecule has 168 valence electrons. The van der Waals surface area contributed by atoms with Crippen LogP contribution >= 0.6 is 11.6 Å². The van der Waals surface area contributed by atoms with Gasteiger partial charge >= 0.3 is 5.97 Å². The van der Waals surface area contributed by atoms with Crippen LogP contribution in [-0.2, 0) is 9.53 Å². The largest absolute Gasteiger partial charge is 0.504 e. The molecule has 1 aliphatic carbocycles. The molecule has 1 aromatic heterocycles. The quantitative estimate of drug-likeness (QED) is 0.483. The van der Waals surface area contributed by atoms with Crippen LogP contribution in [0.15, 0.2) is 45.6 Å². The maximum absolute atomic E-state index is 12.6. The third-order valence-corrected chi connectivity index (χ3v) is 5.69. The van der Waals surface area contributed by atoms with Crippen molar-refractivity contribution >= 4 is 28.5 Å². The highest BCUT2D eigenvalue weighted by Gasteiger charge is 2.35. The van der Waals surface area contributed by atoms with Gasteiger partial charge in [-0.25, -0.2) is 0 Å². The molecule has 0 spiro atoms. The van der Waals surface area contributed by atoms with E-state index in [-0.39, 0.29) is 58.5 Å². The summed E-state index contributed by atoms with van der Waals surface area (Å²) in [5, 5.41) is 19.8. The Kier molecular flexibility index (Phi) is 6.25. The van der Waals surface area contributed by atoms with Gasteiger partial charge in [-0.3, -0.25) is 9.59 Å². The summed E-state index contributed by atoms with van der Waals surface area (Å²) >= 11 is 6.20. The van der Waals surface area contributed by atoms with Gasteiger partial charge in [0.05, 0.1) is 41.7 Å². The van der Waals surface area contributed by atoms with Crippen molar-refractivity contribution in [1.82, 2.24) is 0 Å². The van der Waals surface area contributed by atoms with Crippen LogP contribution in [0.25, 0.3) is 22.3 Å². The SMILES string of the molecule is COc1cc(OCCOC2CC(C(=O)O)C2)c(-c2cc(=O)c3cccc(Cl)c3o2)cc1O. The van der Waals surface area contributed by atoms with Gasteiger partial charge in [-0.1, -0.05) is 17.7 Å². The van der Waals surface area contributed by atoms with E-state index in [1.807, 2.05) is 0 Å². The van der Waals surface area contributed by atoms with Crippen molar-refractivity contribution in [3.63, 3.8) is 0 Å². The van der Waals surface area contributed by atoms with E-state index in [1.165, 1.54) is 25.3 Å². The minimum absolute atomic E-state index is 0.103. The summed E-state index contributed by atoms with van der Waals surface area (Å²) < 4.78 is 22.5. The molecule has 0 bridgehead atoms. The predicted octanol–water partition coefficient (Wildman–Crippen LogP) is 4.09. The van der Waals surface area contributed by atoms with Gasteiger partial charge in [0.2, 0.25) is 0 Å². The van der Waals surface area contributed by atoms with E-state index in [1.54, 1.807) is 18.2 Å². The predicted molar refractivity (Wildman–Crippen MR) is 117 cm³/mol. The third-order valence-electron chi connectivity index (χ3n) is 5.39. The fourth-order valence-corrected chi connectivity index (χ4v) is 3.78. The standard InChI is InChI=1S/C23H21ClO8/c1-29-21-11-19(31-6-5-30-13-7-12(8-13)23(27)28)15(9-18(21)26)20-10-17(25)14-3-2-4-16(24)22(14)32-20/h2-4,9-13,26H,5-8H2,1H3,(H,27,28). The Hall–Kier alpha value is -3.23. The fraction of sp³-hybridized carbons (Fsp3) is 0.304. The van der Waals surface area contributed by atoms with E-state index < -0.39 is 5.97 Å². The number of phenolic OH excluding ortho intramolecular Hbond substituents is 1. The number of rotatable bonds is 8. The number of phenols is 1. The normalized spacial score (nSPS) is 17.7. The van der Waals surface area contributed by atoms with Gasteiger partial charge in [0.1, 0.15) is 18.1 Å². The lowest BCUT2D eigenvalue weighted by Gasteiger charge is -2.32. The summed E-state index contributed by atoms with van der Waals surface area (Å²) in [5.74, 6) is -0.630. The first-order valence-electron chi connectivity index (χ1n) is 9.98. The first-order chi connectivity index (χ1) is 15.4. The number of carboxylic acids is 1. The summed E-state index contributed by atoms with van der Waals surface area (Å²) in [7, 11) is 1.41. The summed E-state index contributed by atoms with van der Waals surface area (Å²) in [4.78, 5) is 23.5. The van der Waals surface area contributed by atoms with Crippen LogP contribution in [0.3, 0.4) is 0 Å². The van der Waals surface area contributed by atoms with Crippen molar-refractivity contribution < 1.29 is 33.6 Å². The molecule has 2 N–H and O–H groups in total. The first kappa shape index (κ1) is 22.0. The number of benzene rings is 2. The Morgan fingerprint density at radius 2 is 1.97 bits per heavy atom. The molecule has 0 unspecified atom stereocenters. The van der Waals surface area contributed by atoms with E-state index in [0.29, 0.717) is 29.5 Å². The molecule has 0 radical (unpaired) electrons. The third kappa shape index (κ3) is 4.37. The van der Waals surface area contributed by atoms with Gasteiger partial charge in [-0.2, -0.15) is 0 Å². The van der Waals surface area contributed by atoms with Crippen LogP contribution in [0.2, 0.25) is 5.02 Å². The Balaban J connectivity index is 1.57. The molecule has 8 nitrogen and oxygen atoms in total. The second-order valence-electron chi connectivity index (χ2n) is 7.46. The first-order valence-corrected chi connectivity index (χ1v) is 10.4. The van der Waals surface area contributed by atoms with Crippen LogP contribution in [0.4, 0.5) is 0 Å². The number of hydrogen-bond acceptors (Lipinski definition) is 7. The number of methoxy groups -OCH3 is 1. The van der Waals surface area contributed by atoms with E-state index in [4.69, 9.17) is 35.3 Å². The zero-order valence-corrected chi connectivity index (χ0v) is 17.9. The molecule has 1 heterocycles. The number of aliphatic carboxylic acids is 1. The van der Waals surface area contributed by atoms with Gasteiger partial charge < -0.3 is 28.8 Å². The molecule has 0 amide bonds. The molecule has 0 saturated heterocycles. The van der Waals surface area contributed by atoms with E-state index in [9.17, 15) is 14.7 Å². The number of para-hydroxylation sites is 1. The van der Waals surface area contributed by atoms with Crippen molar-refractivity contribution in [3.8, 4) is 28.6 Å². The number of fused-ring (bicyclic) bond motifs is 1. The van der Waals surface area contributed by atoms with Crippen LogP contribution in [0, 0.1) is 5.92 Å². The lowest BCUT2D eigenvalue weighted by atomic mass is 9.82. The van der Waals surface area contributed by atoms with Gasteiger partial charge in [0.25, 0.3) is 0 Å². The Morgan fingerprint density at radius 1 is 1.19 bits per heavy atom. The lowest BCUT2D eigenvalue weighted by molar-refractivity contribution is -0.151. The Bertz CT molecular complexity index is 1210. The highest BCUT2D eigenvalue weighted by Crippen LogP contribution is 2.40. The smallest absolute Gasteiger partial charge is 0.306 e. The highest BCUT2D eigenvalue weighted by molar-refractivity contribution is 6.34. The van der Waals surface area contributed by atoms with Crippen molar-refractivity contribution in [3.05, 3.63) is 51.6 Å². The molecule has 1 aliphatic rings. The molecule has 1 saturated carbocycles. The molecular formula is C23H21ClO8. The molecule has 9 heteroatoms. The Morgan fingerprint density at radius 3 is 2.69 bits per heavy atom. The maximum atomic E-state index is 12.6. The molecule has 32 heavy (non-hydrogen) atoms. The zero-order valence-electron chi connectivity index (χ0n) is 17.2. The summed E-state index contributed by atoms with van der Waals surface area (Å²) in [6, 6.07) is 9.09. The number of halogens is 1. The van der Waals surface area contributed by atoms with Gasteiger partial charge in [0.15, 0.2) is 22.5 Å². The number of carbonyl (C=O) groups is 1. The van der Waals surface area contributed by atoms with Crippen molar-refractivity contribution in [1.29, 1.82) is 0 Å². The lowest BCUT2D eigenvalue weighted by Crippen LogP contribution is -2.37. The minimum atomic E-state index is -0.807. The van der Waals surface area contributed by atoms with Crippen molar-refractivity contribution in [2.75, 3.05) is 20.3 Å². The second kappa shape index (κ2) is 9.10. The number of aromatic hydroxyl groups is 1. The summed E-state index contributed by atoms with van der Waals surface area (Å²) in [5.41, 5.74) is 0.294. The molecule has 2 aromatic carbocycles. The number of carboxylic acid groups (broad SMARTS) is 1. The number of ether oxygens (including phenoxy) is 3. The minimum Gasteiger partial charge on any atom is -0.504 e. The van der Waals surface area contributed by atoms with Gasteiger partial charge in [-0.15, -0.1) is 0 Å². The summed E-state index contributed by atoms with van der Waals surface area (Å²) in [6.45, 7) is 0.404. The second-order valence-corrected chi connectivity index (χ2v) is 7.87. The molecular weight excluding hydrogens is 440 g/mol. The Labute approximate surface area is 187 Å². The summed E-state index contributed by atoms with van der Waals surface area (Å²) in [6.07, 6.45) is 0.863. The molecule has 0 atom stereocenters. The van der Waals surface area contributed by atoms with Crippen LogP contribution < -0.4 is 14.9 Å². The van der Waals surface area contributed by atoms with Crippen LogP contribution in [-0.4, -0.2) is 42.6 Å². The molecule has 4 rings (SSSR count). The highest BCUT2D eigenvalue weighted by atomic mass is 35.5. The molecule has 1 fully saturated rings. The average molecular weight is 461 g/mol. The molecule has 3 aromatic rings.